The van der Waals surface area contributed by atoms with Crippen LogP contribution in [0.3, 0.4) is 0 Å². The van der Waals surface area contributed by atoms with Crippen LogP contribution in [0.4, 0.5) is 0 Å². The van der Waals surface area contributed by atoms with E-state index in [2.05, 4.69) is 0 Å². The van der Waals surface area contributed by atoms with Crippen LogP contribution in [0.25, 0.3) is 0 Å². The van der Waals surface area contributed by atoms with Gasteiger partial charge in [0.05, 0.1) is 25.8 Å². The van der Waals surface area contributed by atoms with Crippen molar-refractivity contribution in [2.75, 3.05) is 41.4 Å². The maximum Gasteiger partial charge on any atom is 0.290 e. The van der Waals surface area contributed by atoms with Gasteiger partial charge in [-0.2, -0.15) is 0 Å². The summed E-state index contributed by atoms with van der Waals surface area (Å²) < 4.78 is 10.7. The van der Waals surface area contributed by atoms with Crippen LogP contribution >= 0.6 is 0 Å². The summed E-state index contributed by atoms with van der Waals surface area (Å²) in [4.78, 5) is 29.4. The Balaban J connectivity index is 2.60. The number of aliphatic hydroxyl groups excluding tert-OH is 1. The van der Waals surface area contributed by atoms with Gasteiger partial charge in [0.25, 0.3) is 5.91 Å². The van der Waals surface area contributed by atoms with E-state index in [0.717, 1.165) is 0 Å². The topological polar surface area (TPSA) is 79.3 Å². The van der Waals surface area contributed by atoms with Crippen molar-refractivity contribution in [3.8, 4) is 11.5 Å². The first-order valence-electron chi connectivity index (χ1n) is 9.18. The highest BCUT2D eigenvalue weighted by atomic mass is 16.5. The van der Waals surface area contributed by atoms with Gasteiger partial charge in [-0.25, -0.2) is 0 Å². The first kappa shape index (κ1) is 21.8. The van der Waals surface area contributed by atoms with Gasteiger partial charge in [-0.05, 0) is 31.8 Å². The number of ether oxygens (including phenoxy) is 2. The molecule has 1 aromatic carbocycles. The summed E-state index contributed by atoms with van der Waals surface area (Å²) in [5, 5.41) is 10.6. The number of carbonyl (C=O) groups excluding carboxylic acids is 2. The fraction of sp³-hybridized carbons (Fsp3) is 0.524. The minimum atomic E-state index is -0.740. The van der Waals surface area contributed by atoms with Crippen molar-refractivity contribution in [2.45, 2.75) is 26.8 Å². The Bertz CT molecular complexity index is 792. The first-order chi connectivity index (χ1) is 13.0. The Morgan fingerprint density at radius 1 is 1.18 bits per heavy atom. The summed E-state index contributed by atoms with van der Waals surface area (Å²) in [5.41, 5.74) is 0.0700. The minimum absolute atomic E-state index is 0.128. The van der Waals surface area contributed by atoms with Crippen LogP contribution in [-0.4, -0.2) is 68.0 Å². The summed E-state index contributed by atoms with van der Waals surface area (Å²) in [6, 6.07) is 4.58. The van der Waals surface area contributed by atoms with Crippen molar-refractivity contribution < 1.29 is 24.2 Å². The smallest absolute Gasteiger partial charge is 0.290 e. The molecule has 1 atom stereocenters. The summed E-state index contributed by atoms with van der Waals surface area (Å²) in [5.74, 6) is -0.223. The van der Waals surface area contributed by atoms with Gasteiger partial charge in [0, 0.05) is 18.5 Å². The number of likely N-dealkylation sites (N-methyl/N-ethyl adjacent to an activating group) is 1. The average Bonchev–Trinajstić information content (AvgIpc) is 2.88. The second kappa shape index (κ2) is 8.22. The third kappa shape index (κ3) is 4.14. The predicted octanol–water partition coefficient (Wildman–Crippen LogP) is 2.58. The SMILES string of the molecule is COc1ccc(C2C(C(=O)C(C)(C)C)=C(O)C(=O)N2CCN(C)C)cc1OC. The number of Topliss-reactive ketones (excluding diaryl/α,β-unsaturated/α-hetero) is 1. The highest BCUT2D eigenvalue weighted by Crippen LogP contribution is 2.42. The molecule has 1 amide bonds. The molecule has 7 heteroatoms. The molecule has 1 aromatic rings. The highest BCUT2D eigenvalue weighted by molar-refractivity contribution is 6.10. The molecule has 154 valence electrons. The number of ketones is 1. The number of benzene rings is 1. The average molecular weight is 390 g/mol. The lowest BCUT2D eigenvalue weighted by atomic mass is 9.82. The zero-order valence-electron chi connectivity index (χ0n) is 17.7. The standard InChI is InChI=1S/C21H30N2O5/c1-21(2,3)19(25)16-17(13-8-9-14(27-6)15(12-13)28-7)23(11-10-22(4)5)20(26)18(16)24/h8-9,12,17,24H,10-11H2,1-7H3. The normalized spacial score (nSPS) is 17.5. The third-order valence-electron chi connectivity index (χ3n) is 4.74. The van der Waals surface area contributed by atoms with Crippen molar-refractivity contribution in [1.29, 1.82) is 0 Å². The van der Waals surface area contributed by atoms with E-state index in [1.807, 2.05) is 19.0 Å². The van der Waals surface area contributed by atoms with E-state index in [-0.39, 0.29) is 11.4 Å². The molecule has 7 nitrogen and oxygen atoms in total. The quantitative estimate of drug-likeness (QED) is 0.771. The van der Waals surface area contributed by atoms with E-state index < -0.39 is 23.1 Å². The number of hydrogen-bond donors (Lipinski definition) is 1. The van der Waals surface area contributed by atoms with Gasteiger partial charge >= 0.3 is 0 Å². The van der Waals surface area contributed by atoms with Gasteiger partial charge in [-0.1, -0.05) is 26.8 Å². The lowest BCUT2D eigenvalue weighted by Gasteiger charge is -2.30. The van der Waals surface area contributed by atoms with Crippen molar-refractivity contribution in [3.63, 3.8) is 0 Å². The monoisotopic (exact) mass is 390 g/mol. The zero-order valence-corrected chi connectivity index (χ0v) is 17.7. The predicted molar refractivity (Wildman–Crippen MR) is 107 cm³/mol. The number of carbonyl (C=O) groups is 2. The Morgan fingerprint density at radius 3 is 2.29 bits per heavy atom. The van der Waals surface area contributed by atoms with Crippen LogP contribution in [0.1, 0.15) is 32.4 Å². The molecule has 0 aromatic heterocycles. The molecule has 28 heavy (non-hydrogen) atoms. The van der Waals surface area contributed by atoms with Gasteiger partial charge < -0.3 is 24.4 Å². The summed E-state index contributed by atoms with van der Waals surface area (Å²) in [7, 11) is 6.88. The Labute approximate surface area is 166 Å². The summed E-state index contributed by atoms with van der Waals surface area (Å²) in [6.07, 6.45) is 0. The fourth-order valence-corrected chi connectivity index (χ4v) is 3.20. The molecule has 2 rings (SSSR count). The molecule has 0 saturated heterocycles. The number of aliphatic hydroxyl groups is 1. The van der Waals surface area contributed by atoms with Crippen LogP contribution in [0.15, 0.2) is 29.5 Å². The second-order valence-electron chi connectivity index (χ2n) is 8.16. The summed E-state index contributed by atoms with van der Waals surface area (Å²) in [6.45, 7) is 6.28. The van der Waals surface area contributed by atoms with Crippen LogP contribution in [-0.2, 0) is 9.59 Å². The number of methoxy groups -OCH3 is 2. The van der Waals surface area contributed by atoms with E-state index in [4.69, 9.17) is 9.47 Å². The number of amides is 1. The third-order valence-corrected chi connectivity index (χ3v) is 4.74. The van der Waals surface area contributed by atoms with Gasteiger partial charge in [0.15, 0.2) is 23.0 Å². The second-order valence-corrected chi connectivity index (χ2v) is 8.16. The molecule has 0 fully saturated rings. The molecule has 0 aliphatic carbocycles. The fourth-order valence-electron chi connectivity index (χ4n) is 3.20. The van der Waals surface area contributed by atoms with Crippen molar-refractivity contribution in [1.82, 2.24) is 9.80 Å². The lowest BCUT2D eigenvalue weighted by molar-refractivity contribution is -0.129. The van der Waals surface area contributed by atoms with E-state index in [0.29, 0.717) is 30.2 Å². The molecule has 1 unspecified atom stereocenters. The van der Waals surface area contributed by atoms with Crippen molar-refractivity contribution in [2.24, 2.45) is 5.41 Å². The first-order valence-corrected chi connectivity index (χ1v) is 9.18. The molecule has 0 bridgehead atoms. The number of hydrogen-bond acceptors (Lipinski definition) is 6. The molecule has 1 aliphatic rings. The van der Waals surface area contributed by atoms with Crippen LogP contribution in [0, 0.1) is 5.41 Å². The minimum Gasteiger partial charge on any atom is -0.503 e. The van der Waals surface area contributed by atoms with Crippen molar-refractivity contribution >= 4 is 11.7 Å². The maximum atomic E-state index is 13.1. The van der Waals surface area contributed by atoms with Crippen LogP contribution in [0.2, 0.25) is 0 Å². The zero-order chi connectivity index (χ0) is 21.2. The Morgan fingerprint density at radius 2 is 1.79 bits per heavy atom. The summed E-state index contributed by atoms with van der Waals surface area (Å²) >= 11 is 0. The van der Waals surface area contributed by atoms with E-state index in [1.54, 1.807) is 46.1 Å². The van der Waals surface area contributed by atoms with Gasteiger partial charge in [-0.15, -0.1) is 0 Å². The van der Waals surface area contributed by atoms with Crippen LogP contribution in [0.5, 0.6) is 11.5 Å². The largest absolute Gasteiger partial charge is 0.503 e. The number of rotatable bonds is 7. The van der Waals surface area contributed by atoms with Crippen LogP contribution < -0.4 is 9.47 Å². The van der Waals surface area contributed by atoms with Gasteiger partial charge in [0.2, 0.25) is 0 Å². The molecule has 1 N–H and O–H groups in total. The van der Waals surface area contributed by atoms with Gasteiger partial charge in [-0.3, -0.25) is 9.59 Å². The molecular weight excluding hydrogens is 360 g/mol. The highest BCUT2D eigenvalue weighted by Gasteiger charge is 2.45. The van der Waals surface area contributed by atoms with E-state index in [9.17, 15) is 14.7 Å². The van der Waals surface area contributed by atoms with E-state index >= 15 is 0 Å². The Kier molecular flexibility index (Phi) is 6.39. The molecule has 1 heterocycles. The molecule has 0 spiro atoms. The molecule has 1 aliphatic heterocycles. The number of nitrogens with zero attached hydrogens (tertiary/aromatic N) is 2. The Hall–Kier alpha value is -2.54. The molecule has 0 radical (unpaired) electrons. The van der Waals surface area contributed by atoms with Crippen molar-refractivity contribution in [3.05, 3.63) is 35.1 Å². The molecular formula is C21H30N2O5. The van der Waals surface area contributed by atoms with E-state index in [1.165, 1.54) is 12.0 Å². The lowest BCUT2D eigenvalue weighted by Crippen LogP contribution is -2.37. The van der Waals surface area contributed by atoms with Gasteiger partial charge in [0.1, 0.15) is 0 Å². The molecule has 0 saturated carbocycles. The maximum absolute atomic E-state index is 13.1.